The molecule has 3 rings (SSSR count). The summed E-state index contributed by atoms with van der Waals surface area (Å²) >= 11 is 1.43. The lowest BCUT2D eigenvalue weighted by molar-refractivity contribution is 0.0983. The second kappa shape index (κ2) is 16.2. The largest absolute Gasteiger partial charge is 0.497 e. The summed E-state index contributed by atoms with van der Waals surface area (Å²) < 4.78 is 44.3. The Morgan fingerprint density at radius 1 is 0.900 bits per heavy atom. The molecule has 222 valence electrons. The molecule has 10 nitrogen and oxygen atoms in total. The molecule has 0 aliphatic rings. The summed E-state index contributed by atoms with van der Waals surface area (Å²) in [5.41, 5.74) is 1.13. The summed E-state index contributed by atoms with van der Waals surface area (Å²) in [4.78, 5) is 22.5. The van der Waals surface area contributed by atoms with E-state index in [0.29, 0.717) is 29.5 Å². The zero-order chi connectivity index (χ0) is 28.4. The molecule has 1 amide bonds. The first-order valence-electron chi connectivity index (χ1n) is 12.9. The average molecular weight is 615 g/mol. The van der Waals surface area contributed by atoms with Gasteiger partial charge in [0.1, 0.15) is 5.75 Å². The molecular weight excluding hydrogens is 576 g/mol. The summed E-state index contributed by atoms with van der Waals surface area (Å²) in [6.45, 7) is 7.94. The van der Waals surface area contributed by atoms with Gasteiger partial charge in [-0.15, -0.1) is 12.4 Å². The van der Waals surface area contributed by atoms with Gasteiger partial charge in [0, 0.05) is 52.0 Å². The van der Waals surface area contributed by atoms with Gasteiger partial charge in [-0.05, 0) is 49.5 Å². The van der Waals surface area contributed by atoms with Crippen LogP contribution in [0.1, 0.15) is 24.2 Å². The van der Waals surface area contributed by atoms with Crippen LogP contribution in [-0.2, 0) is 19.5 Å². The number of halogens is 1. The molecule has 40 heavy (non-hydrogen) atoms. The Balaban J connectivity index is 0.00000560. The van der Waals surface area contributed by atoms with Gasteiger partial charge in [0.25, 0.3) is 5.91 Å². The first-order valence-corrected chi connectivity index (χ1v) is 15.1. The number of sulfonamides is 1. The normalized spacial score (nSPS) is 11.7. The Kier molecular flexibility index (Phi) is 13.7. The van der Waals surface area contributed by atoms with Gasteiger partial charge in [-0.2, -0.15) is 4.31 Å². The number of methoxy groups -OCH3 is 3. The first-order chi connectivity index (χ1) is 18.8. The molecule has 0 saturated heterocycles. The number of carbonyl (C=O) groups is 1. The molecule has 0 N–H and O–H groups in total. The lowest BCUT2D eigenvalue weighted by Gasteiger charge is -2.25. The zero-order valence-corrected chi connectivity index (χ0v) is 26.1. The SMILES string of the molecule is CCN(CC)CCN(C(=O)c1ccc(S(=O)(=O)N(CCOC)CCOC)cc1)c1nc2cc(OC)ccc2s1.Cl. The monoisotopic (exact) mass is 614 g/mol. The molecule has 1 aromatic heterocycles. The molecule has 13 heteroatoms. The fraction of sp³-hybridized carbons (Fsp3) is 0.481. The van der Waals surface area contributed by atoms with E-state index in [0.717, 1.165) is 23.3 Å². The van der Waals surface area contributed by atoms with Crippen LogP contribution in [0.5, 0.6) is 5.75 Å². The lowest BCUT2D eigenvalue weighted by Crippen LogP contribution is -2.39. The van der Waals surface area contributed by atoms with Crippen LogP contribution in [0.4, 0.5) is 5.13 Å². The number of hydrogen-bond donors (Lipinski definition) is 0. The molecule has 0 unspecified atom stereocenters. The Hall–Kier alpha value is -2.32. The fourth-order valence-electron chi connectivity index (χ4n) is 4.02. The molecular formula is C27H39ClN4O6S2. The van der Waals surface area contributed by atoms with Crippen LogP contribution in [-0.4, -0.2) is 102 Å². The number of hydrogen-bond acceptors (Lipinski definition) is 9. The Morgan fingerprint density at radius 2 is 1.52 bits per heavy atom. The number of benzene rings is 2. The highest BCUT2D eigenvalue weighted by Gasteiger charge is 2.26. The third-order valence-corrected chi connectivity index (χ3v) is 9.39. The summed E-state index contributed by atoms with van der Waals surface area (Å²) in [6.07, 6.45) is 0. The third kappa shape index (κ3) is 8.35. The molecule has 0 bridgehead atoms. The standard InChI is InChI=1S/C27H38N4O6S2.ClH/c1-6-29(7-2)14-15-31(27-28-24-20-22(37-5)10-13-25(24)38-27)26(32)21-8-11-23(12-9-21)39(33,34)30(16-18-35-3)17-19-36-4;/h8-13,20H,6-7,14-19H2,1-5H3;1H. The number of ether oxygens (including phenoxy) is 3. The molecule has 0 atom stereocenters. The number of likely N-dealkylation sites (N-methyl/N-ethyl adjacent to an activating group) is 1. The highest BCUT2D eigenvalue weighted by molar-refractivity contribution is 7.89. The number of aromatic nitrogens is 1. The van der Waals surface area contributed by atoms with Crippen LogP contribution in [0.25, 0.3) is 10.2 Å². The van der Waals surface area contributed by atoms with E-state index in [1.165, 1.54) is 42.0 Å². The second-order valence-electron chi connectivity index (χ2n) is 8.73. The minimum absolute atomic E-state index is 0. The topological polar surface area (TPSA) is 102 Å². The number of nitrogens with zero attached hydrogens (tertiary/aromatic N) is 4. The Bertz CT molecular complexity index is 1310. The van der Waals surface area contributed by atoms with Crippen molar-refractivity contribution in [3.8, 4) is 5.75 Å². The van der Waals surface area contributed by atoms with Crippen LogP contribution in [0.2, 0.25) is 0 Å². The second-order valence-corrected chi connectivity index (χ2v) is 11.7. The molecule has 0 spiro atoms. The van der Waals surface area contributed by atoms with Crippen molar-refractivity contribution in [2.24, 2.45) is 0 Å². The zero-order valence-electron chi connectivity index (χ0n) is 23.7. The molecule has 3 aromatic rings. The van der Waals surface area contributed by atoms with Crippen LogP contribution in [0.15, 0.2) is 47.4 Å². The van der Waals surface area contributed by atoms with Gasteiger partial charge in [0.15, 0.2) is 5.13 Å². The number of carbonyl (C=O) groups excluding carboxylic acids is 1. The lowest BCUT2D eigenvalue weighted by atomic mass is 10.2. The van der Waals surface area contributed by atoms with Crippen molar-refractivity contribution in [1.82, 2.24) is 14.2 Å². The minimum Gasteiger partial charge on any atom is -0.497 e. The van der Waals surface area contributed by atoms with Crippen molar-refractivity contribution in [3.63, 3.8) is 0 Å². The number of fused-ring (bicyclic) bond motifs is 1. The predicted octanol–water partition coefficient (Wildman–Crippen LogP) is 4.00. The molecule has 0 saturated carbocycles. The van der Waals surface area contributed by atoms with E-state index in [9.17, 15) is 13.2 Å². The average Bonchev–Trinajstić information content (AvgIpc) is 3.38. The van der Waals surface area contributed by atoms with Crippen LogP contribution in [0.3, 0.4) is 0 Å². The van der Waals surface area contributed by atoms with Crippen molar-refractivity contribution < 1.29 is 27.4 Å². The summed E-state index contributed by atoms with van der Waals surface area (Å²) in [5, 5.41) is 0.581. The smallest absolute Gasteiger partial charge is 0.260 e. The van der Waals surface area contributed by atoms with Crippen molar-refractivity contribution in [2.75, 3.05) is 78.7 Å². The Morgan fingerprint density at radius 3 is 2.08 bits per heavy atom. The van der Waals surface area contributed by atoms with Crippen molar-refractivity contribution in [2.45, 2.75) is 18.7 Å². The summed E-state index contributed by atoms with van der Waals surface area (Å²) in [5.74, 6) is 0.454. The fourth-order valence-corrected chi connectivity index (χ4v) is 6.39. The Labute approximate surface area is 247 Å². The van der Waals surface area contributed by atoms with Crippen molar-refractivity contribution in [1.29, 1.82) is 0 Å². The van der Waals surface area contributed by atoms with E-state index >= 15 is 0 Å². The third-order valence-electron chi connectivity index (χ3n) is 6.42. The van der Waals surface area contributed by atoms with E-state index in [4.69, 9.17) is 19.2 Å². The highest BCUT2D eigenvalue weighted by atomic mass is 35.5. The van der Waals surface area contributed by atoms with Crippen LogP contribution >= 0.6 is 23.7 Å². The van der Waals surface area contributed by atoms with Gasteiger partial charge in [-0.25, -0.2) is 13.4 Å². The van der Waals surface area contributed by atoms with E-state index in [2.05, 4.69) is 18.7 Å². The first kappa shape index (κ1) is 33.9. The maximum Gasteiger partial charge on any atom is 0.260 e. The molecule has 2 aromatic carbocycles. The maximum absolute atomic E-state index is 13.8. The molecule has 0 fully saturated rings. The van der Waals surface area contributed by atoms with E-state index in [1.807, 2.05) is 18.2 Å². The number of anilines is 1. The van der Waals surface area contributed by atoms with Gasteiger partial charge in [-0.3, -0.25) is 9.69 Å². The summed E-state index contributed by atoms with van der Waals surface area (Å²) in [6, 6.07) is 11.7. The van der Waals surface area contributed by atoms with Crippen LogP contribution in [0, 0.1) is 0 Å². The van der Waals surface area contributed by atoms with E-state index in [-0.39, 0.29) is 49.5 Å². The number of thiazole rings is 1. The van der Waals surface area contributed by atoms with Gasteiger partial charge in [-0.1, -0.05) is 25.2 Å². The van der Waals surface area contributed by atoms with Gasteiger partial charge in [0.05, 0.1) is 35.4 Å². The quantitative estimate of drug-likeness (QED) is 0.239. The van der Waals surface area contributed by atoms with Gasteiger partial charge < -0.3 is 19.1 Å². The van der Waals surface area contributed by atoms with Crippen LogP contribution < -0.4 is 9.64 Å². The predicted molar refractivity (Wildman–Crippen MR) is 162 cm³/mol. The molecule has 1 heterocycles. The summed E-state index contributed by atoms with van der Waals surface area (Å²) in [7, 11) is 0.857. The van der Waals surface area contributed by atoms with E-state index < -0.39 is 10.0 Å². The maximum atomic E-state index is 13.8. The number of rotatable bonds is 16. The minimum atomic E-state index is -3.79. The van der Waals surface area contributed by atoms with Gasteiger partial charge in [0.2, 0.25) is 10.0 Å². The van der Waals surface area contributed by atoms with Gasteiger partial charge >= 0.3 is 0 Å². The van der Waals surface area contributed by atoms with E-state index in [1.54, 1.807) is 24.1 Å². The molecule has 0 aliphatic heterocycles. The highest BCUT2D eigenvalue weighted by Crippen LogP contribution is 2.32. The molecule has 0 aliphatic carbocycles. The number of amides is 1. The van der Waals surface area contributed by atoms with Crippen molar-refractivity contribution >= 4 is 55.0 Å². The van der Waals surface area contributed by atoms with Crippen molar-refractivity contribution in [3.05, 3.63) is 48.0 Å². The molecule has 0 radical (unpaired) electrons.